The molecule has 0 spiro atoms. The molecular formula is C11H14N2O. The van der Waals surface area contributed by atoms with Crippen molar-refractivity contribution in [3.63, 3.8) is 0 Å². The molecule has 74 valence electrons. The Morgan fingerprint density at radius 2 is 1.93 bits per heavy atom. The van der Waals surface area contributed by atoms with Gasteiger partial charge in [-0.1, -0.05) is 0 Å². The van der Waals surface area contributed by atoms with Crippen LogP contribution in [-0.2, 0) is 0 Å². The normalized spacial score (nSPS) is 12.1. The van der Waals surface area contributed by atoms with Gasteiger partial charge in [0.25, 0.3) is 0 Å². The van der Waals surface area contributed by atoms with E-state index in [0.29, 0.717) is 6.42 Å². The van der Waals surface area contributed by atoms with Gasteiger partial charge in [-0.05, 0) is 42.7 Å². The summed E-state index contributed by atoms with van der Waals surface area (Å²) in [6.45, 7) is 3.78. The molecule has 0 unspecified atom stereocenters. The van der Waals surface area contributed by atoms with Crippen LogP contribution in [0.4, 0.5) is 0 Å². The molecule has 0 aliphatic heterocycles. The van der Waals surface area contributed by atoms with Crippen molar-refractivity contribution < 1.29 is 5.11 Å². The van der Waals surface area contributed by atoms with Crippen LogP contribution in [0.15, 0.2) is 12.1 Å². The van der Waals surface area contributed by atoms with E-state index in [2.05, 4.69) is 0 Å². The highest BCUT2D eigenvalue weighted by atomic mass is 16.3. The molecule has 0 fully saturated rings. The summed E-state index contributed by atoms with van der Waals surface area (Å²) in [4.78, 5) is 0. The Morgan fingerprint density at radius 3 is 2.36 bits per heavy atom. The van der Waals surface area contributed by atoms with Gasteiger partial charge in [-0.15, -0.1) is 0 Å². The van der Waals surface area contributed by atoms with Crippen molar-refractivity contribution in [3.8, 4) is 11.8 Å². The minimum atomic E-state index is -0.263. The molecule has 0 aromatic heterocycles. The Balaban J connectivity index is 3.15. The maximum Gasteiger partial charge on any atom is 0.116 e. The monoisotopic (exact) mass is 190 g/mol. The van der Waals surface area contributed by atoms with Gasteiger partial charge in [-0.25, -0.2) is 0 Å². The van der Waals surface area contributed by atoms with Crippen LogP contribution in [0.2, 0.25) is 0 Å². The maximum atomic E-state index is 9.32. The molecule has 0 bridgehead atoms. The van der Waals surface area contributed by atoms with Crippen LogP contribution < -0.4 is 5.73 Å². The lowest BCUT2D eigenvalue weighted by molar-refractivity contribution is 0.473. The molecule has 0 aliphatic rings. The van der Waals surface area contributed by atoms with E-state index in [0.717, 1.165) is 16.7 Å². The molecule has 1 aromatic rings. The van der Waals surface area contributed by atoms with Gasteiger partial charge in [0.15, 0.2) is 0 Å². The van der Waals surface area contributed by atoms with Crippen molar-refractivity contribution in [1.29, 1.82) is 5.26 Å². The first-order valence-corrected chi connectivity index (χ1v) is 4.49. The molecule has 14 heavy (non-hydrogen) atoms. The summed E-state index contributed by atoms with van der Waals surface area (Å²) in [6.07, 6.45) is 0.298. The number of aromatic hydroxyl groups is 1. The third kappa shape index (κ3) is 2.04. The lowest BCUT2D eigenvalue weighted by atomic mass is 9.95. The molecule has 1 aromatic carbocycles. The van der Waals surface area contributed by atoms with E-state index < -0.39 is 0 Å². The van der Waals surface area contributed by atoms with Gasteiger partial charge in [-0.3, -0.25) is 0 Å². The molecule has 3 heteroatoms. The summed E-state index contributed by atoms with van der Waals surface area (Å²) in [5.41, 5.74) is 8.69. The summed E-state index contributed by atoms with van der Waals surface area (Å²) in [6, 6.07) is 5.12. The van der Waals surface area contributed by atoms with Crippen molar-refractivity contribution in [2.45, 2.75) is 26.3 Å². The van der Waals surface area contributed by atoms with Gasteiger partial charge in [-0.2, -0.15) is 5.26 Å². The highest BCUT2D eigenvalue weighted by molar-refractivity contribution is 5.42. The number of benzene rings is 1. The molecule has 0 amide bonds. The fourth-order valence-electron chi connectivity index (χ4n) is 1.74. The highest BCUT2D eigenvalue weighted by Gasteiger charge is 2.12. The standard InChI is InChI=1S/C11H14N2O/c1-7-5-9(14)6-8(2)11(7)10(13)3-4-12/h5-6,10,14H,3,13H2,1-2H3/t10-/m0/s1. The number of nitriles is 1. The zero-order chi connectivity index (χ0) is 10.7. The number of nitrogens with zero attached hydrogens (tertiary/aromatic N) is 1. The lowest BCUT2D eigenvalue weighted by Crippen LogP contribution is -2.12. The van der Waals surface area contributed by atoms with Crippen LogP contribution in [0.3, 0.4) is 0 Å². The van der Waals surface area contributed by atoms with E-state index in [9.17, 15) is 5.11 Å². The fraction of sp³-hybridized carbons (Fsp3) is 0.364. The molecule has 0 radical (unpaired) electrons. The molecule has 3 N–H and O–H groups in total. The second-order valence-electron chi connectivity index (χ2n) is 3.46. The van der Waals surface area contributed by atoms with E-state index in [-0.39, 0.29) is 11.8 Å². The summed E-state index contributed by atoms with van der Waals surface area (Å²) in [5.74, 6) is 0.243. The van der Waals surface area contributed by atoms with Gasteiger partial charge in [0.05, 0.1) is 12.5 Å². The number of rotatable bonds is 2. The van der Waals surface area contributed by atoms with E-state index >= 15 is 0 Å². The number of phenols is 1. The number of hydrogen-bond acceptors (Lipinski definition) is 3. The summed E-state index contributed by atoms with van der Waals surface area (Å²) < 4.78 is 0. The zero-order valence-corrected chi connectivity index (χ0v) is 8.41. The van der Waals surface area contributed by atoms with Crippen molar-refractivity contribution in [2.75, 3.05) is 0 Å². The number of hydrogen-bond donors (Lipinski definition) is 2. The first-order valence-electron chi connectivity index (χ1n) is 4.49. The molecule has 0 saturated heterocycles. The number of phenolic OH excluding ortho intramolecular Hbond substituents is 1. The molecule has 0 heterocycles. The Hall–Kier alpha value is -1.53. The van der Waals surface area contributed by atoms with Gasteiger partial charge in [0, 0.05) is 6.04 Å². The highest BCUT2D eigenvalue weighted by Crippen LogP contribution is 2.26. The first kappa shape index (κ1) is 10.6. The van der Waals surface area contributed by atoms with Gasteiger partial charge >= 0.3 is 0 Å². The Morgan fingerprint density at radius 1 is 1.43 bits per heavy atom. The third-order valence-corrected chi connectivity index (χ3v) is 2.26. The second-order valence-corrected chi connectivity index (χ2v) is 3.46. The Bertz CT molecular complexity index is 356. The molecule has 0 aliphatic carbocycles. The molecule has 3 nitrogen and oxygen atoms in total. The van der Waals surface area contributed by atoms with E-state index in [1.54, 1.807) is 12.1 Å². The fourth-order valence-corrected chi connectivity index (χ4v) is 1.74. The maximum absolute atomic E-state index is 9.32. The molecule has 0 saturated carbocycles. The lowest BCUT2D eigenvalue weighted by Gasteiger charge is -2.15. The van der Waals surface area contributed by atoms with Gasteiger partial charge in [0.2, 0.25) is 0 Å². The van der Waals surface area contributed by atoms with Crippen LogP contribution in [0.25, 0.3) is 0 Å². The minimum Gasteiger partial charge on any atom is -0.508 e. The average Bonchev–Trinajstić information content (AvgIpc) is 2.01. The summed E-state index contributed by atoms with van der Waals surface area (Å²) in [5, 5.41) is 17.9. The molecular weight excluding hydrogens is 176 g/mol. The van der Waals surface area contributed by atoms with Crippen molar-refractivity contribution in [2.24, 2.45) is 5.73 Å². The van der Waals surface area contributed by atoms with E-state index in [1.165, 1.54) is 0 Å². The minimum absolute atomic E-state index is 0.243. The van der Waals surface area contributed by atoms with E-state index in [4.69, 9.17) is 11.0 Å². The third-order valence-electron chi connectivity index (χ3n) is 2.26. The van der Waals surface area contributed by atoms with Crippen molar-refractivity contribution in [1.82, 2.24) is 0 Å². The van der Waals surface area contributed by atoms with Crippen LogP contribution in [0, 0.1) is 25.2 Å². The molecule has 1 rings (SSSR count). The average molecular weight is 190 g/mol. The van der Waals surface area contributed by atoms with Crippen LogP contribution >= 0.6 is 0 Å². The summed E-state index contributed by atoms with van der Waals surface area (Å²) >= 11 is 0. The first-order chi connectivity index (χ1) is 6.56. The Kier molecular flexibility index (Phi) is 3.10. The SMILES string of the molecule is Cc1cc(O)cc(C)c1[C@@H](N)CC#N. The smallest absolute Gasteiger partial charge is 0.116 e. The topological polar surface area (TPSA) is 70.0 Å². The van der Waals surface area contributed by atoms with Gasteiger partial charge < -0.3 is 10.8 Å². The number of aryl methyl sites for hydroxylation is 2. The van der Waals surface area contributed by atoms with Crippen molar-refractivity contribution >= 4 is 0 Å². The largest absolute Gasteiger partial charge is 0.508 e. The van der Waals surface area contributed by atoms with Crippen LogP contribution in [0.1, 0.15) is 29.2 Å². The zero-order valence-electron chi connectivity index (χ0n) is 8.41. The quantitative estimate of drug-likeness (QED) is 0.748. The number of nitrogens with two attached hydrogens (primary N) is 1. The predicted octanol–water partition coefficient (Wildman–Crippen LogP) is 1.92. The Labute approximate surface area is 83.8 Å². The summed E-state index contributed by atoms with van der Waals surface area (Å²) in [7, 11) is 0. The van der Waals surface area contributed by atoms with Crippen LogP contribution in [0.5, 0.6) is 5.75 Å². The van der Waals surface area contributed by atoms with Crippen molar-refractivity contribution in [3.05, 3.63) is 28.8 Å². The van der Waals surface area contributed by atoms with Crippen LogP contribution in [-0.4, -0.2) is 5.11 Å². The van der Waals surface area contributed by atoms with Gasteiger partial charge in [0.1, 0.15) is 5.75 Å². The van der Waals surface area contributed by atoms with E-state index in [1.807, 2.05) is 19.9 Å². The molecule has 1 atom stereocenters. The second kappa shape index (κ2) is 4.12. The predicted molar refractivity (Wildman–Crippen MR) is 54.7 cm³/mol.